The minimum atomic E-state index is -0.518. The number of carbonyl (C=O) groups is 1. The maximum atomic E-state index is 11.3. The summed E-state index contributed by atoms with van der Waals surface area (Å²) in [6.45, 7) is 2.95. The topological polar surface area (TPSA) is 23.6 Å². The SMILES string of the molecule is O=CN1CCN(C(c2ccccc2)(c2ccccc2)c2ccccc2Cl)CC1. The lowest BCUT2D eigenvalue weighted by molar-refractivity contribution is -0.120. The number of hydrogen-bond acceptors (Lipinski definition) is 2. The number of carbonyl (C=O) groups excluding carboxylic acids is 1. The zero-order valence-electron chi connectivity index (χ0n) is 15.7. The van der Waals surface area contributed by atoms with Gasteiger partial charge in [-0.25, -0.2) is 0 Å². The van der Waals surface area contributed by atoms with E-state index in [1.165, 1.54) is 11.1 Å². The fraction of sp³-hybridized carbons (Fsp3) is 0.208. The van der Waals surface area contributed by atoms with Crippen LogP contribution >= 0.6 is 11.6 Å². The molecule has 0 spiro atoms. The smallest absolute Gasteiger partial charge is 0.209 e. The predicted molar refractivity (Wildman–Crippen MR) is 113 cm³/mol. The van der Waals surface area contributed by atoms with Crippen molar-refractivity contribution in [2.45, 2.75) is 5.54 Å². The molecule has 0 atom stereocenters. The van der Waals surface area contributed by atoms with Crippen LogP contribution in [0.4, 0.5) is 0 Å². The van der Waals surface area contributed by atoms with Crippen LogP contribution in [0.25, 0.3) is 0 Å². The Bertz CT molecular complexity index is 882. The fourth-order valence-corrected chi connectivity index (χ4v) is 4.56. The summed E-state index contributed by atoms with van der Waals surface area (Å²) in [5.74, 6) is 0. The number of amides is 1. The molecule has 0 N–H and O–H groups in total. The number of nitrogens with zero attached hydrogens (tertiary/aromatic N) is 2. The van der Waals surface area contributed by atoms with E-state index in [0.29, 0.717) is 13.1 Å². The van der Waals surface area contributed by atoms with Gasteiger partial charge in [-0.3, -0.25) is 9.69 Å². The molecular weight excluding hydrogens is 368 g/mol. The normalized spacial score (nSPS) is 15.4. The molecule has 0 radical (unpaired) electrons. The molecule has 1 aliphatic rings. The molecule has 0 aliphatic carbocycles. The summed E-state index contributed by atoms with van der Waals surface area (Å²) in [5, 5.41) is 0.744. The standard InChI is InChI=1S/C24H23ClN2O/c25-23-14-8-7-13-22(23)24(20-9-3-1-4-10-20,21-11-5-2-6-12-21)27-17-15-26(19-28)16-18-27/h1-14,19H,15-18H2. The van der Waals surface area contributed by atoms with Crippen molar-refractivity contribution in [1.29, 1.82) is 0 Å². The maximum Gasteiger partial charge on any atom is 0.209 e. The molecule has 1 aliphatic heterocycles. The lowest BCUT2D eigenvalue weighted by atomic mass is 9.75. The number of benzene rings is 3. The van der Waals surface area contributed by atoms with Crippen molar-refractivity contribution in [2.75, 3.05) is 26.2 Å². The van der Waals surface area contributed by atoms with Crippen molar-refractivity contribution in [1.82, 2.24) is 9.80 Å². The Kier molecular flexibility index (Phi) is 5.47. The van der Waals surface area contributed by atoms with Crippen LogP contribution in [0.3, 0.4) is 0 Å². The molecule has 1 saturated heterocycles. The summed E-state index contributed by atoms with van der Waals surface area (Å²) in [5.41, 5.74) is 2.90. The molecule has 28 heavy (non-hydrogen) atoms. The van der Waals surface area contributed by atoms with Gasteiger partial charge in [0.1, 0.15) is 0 Å². The largest absolute Gasteiger partial charge is 0.343 e. The van der Waals surface area contributed by atoms with Crippen LogP contribution in [0.1, 0.15) is 16.7 Å². The van der Waals surface area contributed by atoms with E-state index in [-0.39, 0.29) is 0 Å². The number of piperazine rings is 1. The molecule has 1 heterocycles. The molecule has 0 unspecified atom stereocenters. The molecule has 3 aromatic carbocycles. The Hall–Kier alpha value is -2.62. The van der Waals surface area contributed by atoms with E-state index >= 15 is 0 Å². The molecule has 1 amide bonds. The molecule has 3 aromatic rings. The van der Waals surface area contributed by atoms with Crippen LogP contribution in [0, 0.1) is 0 Å². The van der Waals surface area contributed by atoms with E-state index < -0.39 is 5.54 Å². The van der Waals surface area contributed by atoms with Gasteiger partial charge in [0.25, 0.3) is 0 Å². The van der Waals surface area contributed by atoms with Gasteiger partial charge in [0, 0.05) is 31.2 Å². The second kappa shape index (κ2) is 8.17. The predicted octanol–water partition coefficient (Wildman–Crippen LogP) is 4.41. The highest BCUT2D eigenvalue weighted by Crippen LogP contribution is 2.45. The number of halogens is 1. The molecule has 142 valence electrons. The van der Waals surface area contributed by atoms with Crippen LogP contribution in [-0.4, -0.2) is 42.4 Å². The van der Waals surface area contributed by atoms with E-state index in [0.717, 1.165) is 30.1 Å². The average molecular weight is 391 g/mol. The molecule has 4 heteroatoms. The summed E-state index contributed by atoms with van der Waals surface area (Å²) in [7, 11) is 0. The number of hydrogen-bond donors (Lipinski definition) is 0. The first-order valence-corrected chi connectivity index (χ1v) is 9.95. The molecule has 0 aromatic heterocycles. The van der Waals surface area contributed by atoms with Gasteiger partial charge in [0.2, 0.25) is 6.41 Å². The minimum absolute atomic E-state index is 0.518. The van der Waals surface area contributed by atoms with Crippen LogP contribution in [0.2, 0.25) is 5.02 Å². The summed E-state index contributed by atoms with van der Waals surface area (Å²) >= 11 is 6.79. The zero-order chi connectivity index (χ0) is 19.4. The van der Waals surface area contributed by atoms with E-state index in [4.69, 9.17) is 11.6 Å². The average Bonchev–Trinajstić information content (AvgIpc) is 2.77. The summed E-state index contributed by atoms with van der Waals surface area (Å²) < 4.78 is 0. The van der Waals surface area contributed by atoms with Gasteiger partial charge in [-0.2, -0.15) is 0 Å². The van der Waals surface area contributed by atoms with Crippen molar-refractivity contribution < 1.29 is 4.79 Å². The third-order valence-corrected chi connectivity index (χ3v) is 5.91. The van der Waals surface area contributed by atoms with E-state index in [9.17, 15) is 4.79 Å². The summed E-state index contributed by atoms with van der Waals surface area (Å²) in [6, 6.07) is 29.1. The van der Waals surface area contributed by atoms with E-state index in [1.54, 1.807) is 0 Å². The maximum absolute atomic E-state index is 11.3. The lowest BCUT2D eigenvalue weighted by Gasteiger charge is -2.48. The Labute approximate surface area is 171 Å². The molecule has 0 saturated carbocycles. The second-order valence-electron chi connectivity index (χ2n) is 7.05. The molecular formula is C24H23ClN2O. The van der Waals surface area contributed by atoms with Crippen LogP contribution in [-0.2, 0) is 10.3 Å². The van der Waals surface area contributed by atoms with Gasteiger partial charge in [0.15, 0.2) is 0 Å². The summed E-state index contributed by atoms with van der Waals surface area (Å²) in [4.78, 5) is 15.6. The minimum Gasteiger partial charge on any atom is -0.343 e. The number of rotatable bonds is 5. The summed E-state index contributed by atoms with van der Waals surface area (Å²) in [6.07, 6.45) is 0.944. The highest BCUT2D eigenvalue weighted by Gasteiger charge is 2.44. The van der Waals surface area contributed by atoms with Crippen LogP contribution in [0.5, 0.6) is 0 Å². The Morgan fingerprint density at radius 1 is 0.714 bits per heavy atom. The van der Waals surface area contributed by atoms with Gasteiger partial charge >= 0.3 is 0 Å². The van der Waals surface area contributed by atoms with Crippen LogP contribution in [0.15, 0.2) is 84.9 Å². The molecule has 3 nitrogen and oxygen atoms in total. The zero-order valence-corrected chi connectivity index (χ0v) is 16.4. The highest BCUT2D eigenvalue weighted by atomic mass is 35.5. The second-order valence-corrected chi connectivity index (χ2v) is 7.46. The Morgan fingerprint density at radius 2 is 1.21 bits per heavy atom. The fourth-order valence-electron chi connectivity index (χ4n) is 4.29. The van der Waals surface area contributed by atoms with Crippen molar-refractivity contribution in [3.05, 3.63) is 107 Å². The van der Waals surface area contributed by atoms with Crippen molar-refractivity contribution in [3.8, 4) is 0 Å². The van der Waals surface area contributed by atoms with Crippen molar-refractivity contribution in [3.63, 3.8) is 0 Å². The molecule has 4 rings (SSSR count). The van der Waals surface area contributed by atoms with Crippen LogP contribution < -0.4 is 0 Å². The van der Waals surface area contributed by atoms with Gasteiger partial charge in [-0.05, 0) is 22.8 Å². The van der Waals surface area contributed by atoms with E-state index in [2.05, 4.69) is 59.5 Å². The van der Waals surface area contributed by atoms with Gasteiger partial charge in [-0.1, -0.05) is 90.5 Å². The van der Waals surface area contributed by atoms with E-state index in [1.807, 2.05) is 35.2 Å². The monoisotopic (exact) mass is 390 g/mol. The Balaban J connectivity index is 1.98. The first-order valence-electron chi connectivity index (χ1n) is 9.57. The highest BCUT2D eigenvalue weighted by molar-refractivity contribution is 6.31. The first-order chi connectivity index (χ1) is 13.8. The van der Waals surface area contributed by atoms with Gasteiger partial charge < -0.3 is 4.90 Å². The third kappa shape index (κ3) is 3.21. The van der Waals surface area contributed by atoms with Crippen molar-refractivity contribution in [2.24, 2.45) is 0 Å². The molecule has 0 bridgehead atoms. The first kappa shape index (κ1) is 18.7. The third-order valence-electron chi connectivity index (χ3n) is 5.58. The molecule has 1 fully saturated rings. The quantitative estimate of drug-likeness (QED) is 0.476. The van der Waals surface area contributed by atoms with Crippen molar-refractivity contribution >= 4 is 18.0 Å². The van der Waals surface area contributed by atoms with Gasteiger partial charge in [0.05, 0.1) is 5.54 Å². The lowest BCUT2D eigenvalue weighted by Crippen LogP contribution is -2.56. The Morgan fingerprint density at radius 3 is 1.71 bits per heavy atom. The van der Waals surface area contributed by atoms with Gasteiger partial charge in [-0.15, -0.1) is 0 Å².